The number of nitrogens with two attached hydrogens (primary N) is 1. The summed E-state index contributed by atoms with van der Waals surface area (Å²) in [7, 11) is 0. The smallest absolute Gasteiger partial charge is 0.113 e. The fraction of sp³-hybridized carbons (Fsp3) is 0.727. The number of nitrogens with zero attached hydrogens (tertiary/aromatic N) is 1. The molecule has 3 atom stereocenters. The van der Waals surface area contributed by atoms with Crippen LogP contribution in [0.2, 0.25) is 0 Å². The Morgan fingerprint density at radius 2 is 2.36 bits per heavy atom. The molecule has 0 aliphatic heterocycles. The molecule has 2 N–H and O–H groups in total. The van der Waals surface area contributed by atoms with Crippen LogP contribution in [-0.4, -0.2) is 4.98 Å². The Hall–Kier alpha value is -0.410. The summed E-state index contributed by atoms with van der Waals surface area (Å²) in [5, 5.41) is 3.15. The third-order valence-electron chi connectivity index (χ3n) is 3.75. The van der Waals surface area contributed by atoms with E-state index in [4.69, 9.17) is 5.73 Å². The predicted molar refractivity (Wildman–Crippen MR) is 60.2 cm³/mol. The number of hydrogen-bond donors (Lipinski definition) is 1. The summed E-state index contributed by atoms with van der Waals surface area (Å²) in [5.74, 6) is 1.26. The second-order valence-electron chi connectivity index (χ2n) is 4.54. The zero-order valence-electron chi connectivity index (χ0n) is 8.86. The van der Waals surface area contributed by atoms with Gasteiger partial charge in [-0.1, -0.05) is 26.7 Å². The van der Waals surface area contributed by atoms with Gasteiger partial charge in [-0.2, -0.15) is 0 Å². The zero-order chi connectivity index (χ0) is 10.2. The molecule has 3 heteroatoms. The number of hydrogen-bond acceptors (Lipinski definition) is 3. The van der Waals surface area contributed by atoms with E-state index in [1.165, 1.54) is 12.8 Å². The second kappa shape index (κ2) is 3.63. The highest BCUT2D eigenvalue weighted by Crippen LogP contribution is 2.42. The molecule has 78 valence electrons. The first-order chi connectivity index (χ1) is 6.64. The standard InChI is InChI=1S/C11H18N2S/c1-8-4-3-5-11(12,9(8)2)10-13-6-7-14-10/h6-9H,3-5,12H2,1-2H3. The lowest BCUT2D eigenvalue weighted by molar-refractivity contribution is 0.143. The van der Waals surface area contributed by atoms with Crippen LogP contribution in [0.4, 0.5) is 0 Å². The Kier molecular flexibility index (Phi) is 2.62. The summed E-state index contributed by atoms with van der Waals surface area (Å²) in [6, 6.07) is 0. The molecular weight excluding hydrogens is 192 g/mol. The van der Waals surface area contributed by atoms with Crippen LogP contribution in [0.1, 0.15) is 38.1 Å². The van der Waals surface area contributed by atoms with E-state index >= 15 is 0 Å². The molecule has 14 heavy (non-hydrogen) atoms. The van der Waals surface area contributed by atoms with Gasteiger partial charge < -0.3 is 5.73 Å². The van der Waals surface area contributed by atoms with Crippen LogP contribution < -0.4 is 5.73 Å². The van der Waals surface area contributed by atoms with Gasteiger partial charge in [-0.15, -0.1) is 11.3 Å². The molecule has 0 spiro atoms. The van der Waals surface area contributed by atoms with Crippen molar-refractivity contribution in [3.63, 3.8) is 0 Å². The maximum Gasteiger partial charge on any atom is 0.113 e. The van der Waals surface area contributed by atoms with Crippen LogP contribution in [-0.2, 0) is 5.54 Å². The Labute approximate surface area is 89.5 Å². The van der Waals surface area contributed by atoms with Gasteiger partial charge in [-0.05, 0) is 18.3 Å². The Morgan fingerprint density at radius 1 is 1.57 bits per heavy atom. The second-order valence-corrected chi connectivity index (χ2v) is 5.43. The van der Waals surface area contributed by atoms with Gasteiger partial charge in [0.25, 0.3) is 0 Å². The molecule has 1 aromatic heterocycles. The third kappa shape index (κ3) is 1.48. The fourth-order valence-corrected chi connectivity index (χ4v) is 3.34. The van der Waals surface area contributed by atoms with E-state index < -0.39 is 0 Å². The number of rotatable bonds is 1. The molecule has 0 bridgehead atoms. The Balaban J connectivity index is 2.30. The molecule has 1 saturated carbocycles. The van der Waals surface area contributed by atoms with Crippen molar-refractivity contribution in [3.05, 3.63) is 16.6 Å². The molecule has 1 aliphatic rings. The van der Waals surface area contributed by atoms with E-state index in [2.05, 4.69) is 18.8 Å². The van der Waals surface area contributed by atoms with Gasteiger partial charge in [-0.3, -0.25) is 0 Å². The van der Waals surface area contributed by atoms with Gasteiger partial charge in [0.2, 0.25) is 0 Å². The average molecular weight is 210 g/mol. The van der Waals surface area contributed by atoms with E-state index in [-0.39, 0.29) is 5.54 Å². The zero-order valence-corrected chi connectivity index (χ0v) is 9.68. The lowest BCUT2D eigenvalue weighted by Crippen LogP contribution is -2.48. The van der Waals surface area contributed by atoms with Gasteiger partial charge >= 0.3 is 0 Å². The van der Waals surface area contributed by atoms with Gasteiger partial charge in [-0.25, -0.2) is 4.98 Å². The van der Waals surface area contributed by atoms with E-state index in [0.29, 0.717) is 5.92 Å². The summed E-state index contributed by atoms with van der Waals surface area (Å²) >= 11 is 1.70. The first-order valence-electron chi connectivity index (χ1n) is 5.33. The third-order valence-corrected chi connectivity index (χ3v) is 4.71. The summed E-state index contributed by atoms with van der Waals surface area (Å²) in [6.07, 6.45) is 5.50. The van der Waals surface area contributed by atoms with E-state index in [0.717, 1.165) is 17.3 Å². The SMILES string of the molecule is CC1CCCC(N)(c2nccs2)C1C. The van der Waals surface area contributed by atoms with Gasteiger partial charge in [0.1, 0.15) is 5.01 Å². The molecule has 1 aliphatic carbocycles. The van der Waals surface area contributed by atoms with E-state index in [1.807, 2.05) is 11.6 Å². The first-order valence-corrected chi connectivity index (χ1v) is 6.21. The molecule has 2 rings (SSSR count). The van der Waals surface area contributed by atoms with Gasteiger partial charge in [0.05, 0.1) is 5.54 Å². The summed E-state index contributed by atoms with van der Waals surface area (Å²) < 4.78 is 0. The van der Waals surface area contributed by atoms with Crippen molar-refractivity contribution in [3.8, 4) is 0 Å². The minimum atomic E-state index is -0.161. The molecule has 0 amide bonds. The highest BCUT2D eigenvalue weighted by atomic mass is 32.1. The first kappa shape index (κ1) is 10.1. The van der Waals surface area contributed by atoms with Crippen molar-refractivity contribution in [1.29, 1.82) is 0 Å². The molecule has 1 fully saturated rings. The van der Waals surface area contributed by atoms with Gasteiger partial charge in [0, 0.05) is 11.6 Å². The molecular formula is C11H18N2S. The quantitative estimate of drug-likeness (QED) is 0.774. The van der Waals surface area contributed by atoms with Crippen molar-refractivity contribution in [2.45, 2.75) is 38.6 Å². The van der Waals surface area contributed by atoms with Gasteiger partial charge in [0.15, 0.2) is 0 Å². The topological polar surface area (TPSA) is 38.9 Å². The van der Waals surface area contributed by atoms with E-state index in [9.17, 15) is 0 Å². The predicted octanol–water partition coefficient (Wildman–Crippen LogP) is 2.75. The normalized spacial score (nSPS) is 38.5. The lowest BCUT2D eigenvalue weighted by atomic mass is 9.69. The molecule has 0 aromatic carbocycles. The highest BCUT2D eigenvalue weighted by molar-refractivity contribution is 7.09. The van der Waals surface area contributed by atoms with Crippen LogP contribution in [0.5, 0.6) is 0 Å². The van der Waals surface area contributed by atoms with E-state index in [1.54, 1.807) is 11.3 Å². The fourth-order valence-electron chi connectivity index (χ4n) is 2.46. The summed E-state index contributed by atoms with van der Waals surface area (Å²) in [6.45, 7) is 4.57. The Morgan fingerprint density at radius 3 is 3.00 bits per heavy atom. The molecule has 1 aromatic rings. The highest BCUT2D eigenvalue weighted by Gasteiger charge is 2.41. The average Bonchev–Trinajstić information content (AvgIpc) is 2.67. The molecule has 1 heterocycles. The molecule has 3 unspecified atom stereocenters. The van der Waals surface area contributed by atoms with Crippen LogP contribution in [0, 0.1) is 11.8 Å². The van der Waals surface area contributed by atoms with Crippen molar-refractivity contribution in [2.24, 2.45) is 17.6 Å². The summed E-state index contributed by atoms with van der Waals surface area (Å²) in [5.41, 5.74) is 6.35. The van der Waals surface area contributed by atoms with Crippen molar-refractivity contribution < 1.29 is 0 Å². The number of aromatic nitrogens is 1. The van der Waals surface area contributed by atoms with Crippen molar-refractivity contribution in [2.75, 3.05) is 0 Å². The molecule has 0 saturated heterocycles. The lowest BCUT2D eigenvalue weighted by Gasteiger charge is -2.41. The minimum Gasteiger partial charge on any atom is -0.319 e. The number of thiazole rings is 1. The maximum absolute atomic E-state index is 6.51. The van der Waals surface area contributed by atoms with Crippen molar-refractivity contribution >= 4 is 11.3 Å². The summed E-state index contributed by atoms with van der Waals surface area (Å²) in [4.78, 5) is 4.39. The van der Waals surface area contributed by atoms with Crippen LogP contribution in [0.3, 0.4) is 0 Å². The maximum atomic E-state index is 6.51. The Bertz CT molecular complexity index is 296. The molecule has 0 radical (unpaired) electrons. The van der Waals surface area contributed by atoms with Crippen LogP contribution >= 0.6 is 11.3 Å². The minimum absolute atomic E-state index is 0.161. The monoisotopic (exact) mass is 210 g/mol. The molecule has 2 nitrogen and oxygen atoms in total. The van der Waals surface area contributed by atoms with Crippen LogP contribution in [0.15, 0.2) is 11.6 Å². The largest absolute Gasteiger partial charge is 0.319 e. The van der Waals surface area contributed by atoms with Crippen LogP contribution in [0.25, 0.3) is 0 Å². The van der Waals surface area contributed by atoms with Crippen molar-refractivity contribution in [1.82, 2.24) is 4.98 Å².